The lowest BCUT2D eigenvalue weighted by Gasteiger charge is -2.25. The topological polar surface area (TPSA) is 21.3 Å². The number of piperidine rings is 1. The monoisotopic (exact) mass is 401 g/mol. The van der Waals surface area contributed by atoms with Crippen molar-refractivity contribution in [3.63, 3.8) is 0 Å². The maximum atomic E-state index is 13.0. The van der Waals surface area contributed by atoms with Gasteiger partial charge in [0.1, 0.15) is 0 Å². The Hall–Kier alpha value is -2.06. The fraction of sp³-hybridized carbons (Fsp3) is 0.400. The van der Waals surface area contributed by atoms with E-state index >= 15 is 0 Å². The van der Waals surface area contributed by atoms with Crippen molar-refractivity contribution in [1.29, 1.82) is 0 Å². The van der Waals surface area contributed by atoms with Crippen molar-refractivity contribution in [2.75, 3.05) is 6.54 Å². The Morgan fingerprint density at radius 3 is 2.07 bits per heavy atom. The number of halogens is 6. The standard InChI is InChI=1S/C20H17F6NO/c21-19(22,23)14-6-12(7-15(8-14)20(24,25)26)11-28-18-9-16(18)10-27-17(18)13-4-2-1-3-5-13/h1-8,16-17,27H,9-11H2/t16-,17+,18+/m1/s1. The highest BCUT2D eigenvalue weighted by molar-refractivity contribution is 5.34. The highest BCUT2D eigenvalue weighted by atomic mass is 19.4. The van der Waals surface area contributed by atoms with Crippen molar-refractivity contribution in [2.24, 2.45) is 5.92 Å². The Kier molecular flexibility index (Phi) is 4.46. The fourth-order valence-corrected chi connectivity index (χ4v) is 3.98. The molecule has 150 valence electrons. The molecule has 1 aliphatic heterocycles. The van der Waals surface area contributed by atoms with Crippen LogP contribution in [0.2, 0.25) is 0 Å². The van der Waals surface area contributed by atoms with Gasteiger partial charge >= 0.3 is 12.4 Å². The first kappa shape index (κ1) is 19.3. The van der Waals surface area contributed by atoms with Crippen molar-refractivity contribution in [2.45, 2.75) is 37.0 Å². The summed E-state index contributed by atoms with van der Waals surface area (Å²) in [6.45, 7) is 0.393. The molecule has 2 aromatic rings. The molecule has 0 amide bonds. The summed E-state index contributed by atoms with van der Waals surface area (Å²) < 4.78 is 84.1. The first-order valence-electron chi connectivity index (χ1n) is 8.80. The van der Waals surface area contributed by atoms with E-state index in [0.717, 1.165) is 24.1 Å². The van der Waals surface area contributed by atoms with E-state index in [2.05, 4.69) is 5.32 Å². The quantitative estimate of drug-likeness (QED) is 0.698. The number of fused-ring (bicyclic) bond motifs is 1. The predicted octanol–water partition coefficient (Wildman–Crippen LogP) is 5.34. The van der Waals surface area contributed by atoms with Crippen LogP contribution in [0.25, 0.3) is 0 Å². The molecule has 2 nitrogen and oxygen atoms in total. The van der Waals surface area contributed by atoms with Crippen LogP contribution in [0, 0.1) is 5.92 Å². The van der Waals surface area contributed by atoms with E-state index in [0.29, 0.717) is 6.54 Å². The highest BCUT2D eigenvalue weighted by Gasteiger charge is 2.64. The van der Waals surface area contributed by atoms with Crippen LogP contribution in [-0.4, -0.2) is 12.1 Å². The second-order valence-corrected chi connectivity index (χ2v) is 7.31. The molecule has 0 spiro atoms. The molecule has 3 atom stereocenters. The van der Waals surface area contributed by atoms with Gasteiger partial charge in [0.05, 0.1) is 29.4 Å². The first-order valence-corrected chi connectivity index (χ1v) is 8.80. The Morgan fingerprint density at radius 1 is 0.929 bits per heavy atom. The van der Waals surface area contributed by atoms with Gasteiger partial charge in [0.15, 0.2) is 0 Å². The number of alkyl halides is 6. The second kappa shape index (κ2) is 6.49. The second-order valence-electron chi connectivity index (χ2n) is 7.31. The van der Waals surface area contributed by atoms with Crippen LogP contribution in [-0.2, 0) is 23.7 Å². The Balaban J connectivity index is 1.58. The number of benzene rings is 2. The SMILES string of the molecule is FC(F)(F)c1cc(CO[C@@]23C[C@@H]2CN[C@H]3c2ccccc2)cc(C(F)(F)F)c1. The zero-order valence-electron chi connectivity index (χ0n) is 14.6. The molecule has 0 aromatic heterocycles. The molecule has 2 aliphatic rings. The normalized spacial score (nSPS) is 26.9. The molecule has 1 aliphatic carbocycles. The molecule has 1 saturated carbocycles. The van der Waals surface area contributed by atoms with Gasteiger partial charge in [-0.05, 0) is 35.7 Å². The average molecular weight is 401 g/mol. The number of nitrogens with one attached hydrogen (secondary N) is 1. The third kappa shape index (κ3) is 3.51. The molecule has 4 rings (SSSR count). The molecule has 8 heteroatoms. The van der Waals surface area contributed by atoms with Crippen LogP contribution < -0.4 is 5.32 Å². The summed E-state index contributed by atoms with van der Waals surface area (Å²) in [5, 5.41) is 3.34. The maximum absolute atomic E-state index is 13.0. The van der Waals surface area contributed by atoms with E-state index in [4.69, 9.17) is 4.74 Å². The van der Waals surface area contributed by atoms with E-state index in [-0.39, 0.29) is 30.2 Å². The van der Waals surface area contributed by atoms with Gasteiger partial charge in [-0.25, -0.2) is 0 Å². The summed E-state index contributed by atoms with van der Waals surface area (Å²) in [7, 11) is 0. The number of hydrogen-bond acceptors (Lipinski definition) is 2. The Bertz CT molecular complexity index is 831. The van der Waals surface area contributed by atoms with Crippen molar-refractivity contribution in [3.05, 3.63) is 70.8 Å². The predicted molar refractivity (Wildman–Crippen MR) is 89.3 cm³/mol. The third-order valence-electron chi connectivity index (χ3n) is 5.44. The summed E-state index contributed by atoms with van der Waals surface area (Å²) >= 11 is 0. The summed E-state index contributed by atoms with van der Waals surface area (Å²) in [5.74, 6) is 0.200. The van der Waals surface area contributed by atoms with Crippen LogP contribution in [0.15, 0.2) is 48.5 Å². The lowest BCUT2D eigenvalue weighted by atomic mass is 10.0. The molecule has 2 aromatic carbocycles. The number of hydrogen-bond donors (Lipinski definition) is 1. The lowest BCUT2D eigenvalue weighted by molar-refractivity contribution is -0.143. The Morgan fingerprint density at radius 2 is 1.54 bits per heavy atom. The van der Waals surface area contributed by atoms with Crippen LogP contribution in [0.5, 0.6) is 0 Å². The molecule has 1 heterocycles. The van der Waals surface area contributed by atoms with E-state index < -0.39 is 29.1 Å². The smallest absolute Gasteiger partial charge is 0.368 e. The summed E-state index contributed by atoms with van der Waals surface area (Å²) in [6.07, 6.45) is -9.00. The van der Waals surface area contributed by atoms with Gasteiger partial charge in [-0.3, -0.25) is 0 Å². The van der Waals surface area contributed by atoms with Crippen LogP contribution >= 0.6 is 0 Å². The summed E-state index contributed by atoms with van der Waals surface area (Å²) in [5.41, 5.74) is -2.39. The minimum absolute atomic E-state index is 0.131. The van der Waals surface area contributed by atoms with Crippen LogP contribution in [0.3, 0.4) is 0 Å². The minimum Gasteiger partial charge on any atom is -0.368 e. The van der Waals surface area contributed by atoms with E-state index in [1.54, 1.807) is 0 Å². The zero-order chi connectivity index (χ0) is 20.2. The van der Waals surface area contributed by atoms with Gasteiger partial charge in [-0.1, -0.05) is 30.3 Å². The third-order valence-corrected chi connectivity index (χ3v) is 5.44. The molecule has 1 N–H and O–H groups in total. The van der Waals surface area contributed by atoms with Crippen molar-refractivity contribution < 1.29 is 31.1 Å². The van der Waals surface area contributed by atoms with Crippen molar-refractivity contribution in [3.8, 4) is 0 Å². The lowest BCUT2D eigenvalue weighted by Crippen LogP contribution is -2.29. The van der Waals surface area contributed by atoms with Gasteiger partial charge < -0.3 is 10.1 Å². The highest BCUT2D eigenvalue weighted by Crippen LogP contribution is 2.58. The molecule has 0 bridgehead atoms. The molecule has 28 heavy (non-hydrogen) atoms. The van der Waals surface area contributed by atoms with E-state index in [1.165, 1.54) is 0 Å². The minimum atomic E-state index is -4.86. The van der Waals surface area contributed by atoms with Crippen molar-refractivity contribution >= 4 is 0 Å². The van der Waals surface area contributed by atoms with E-state index in [9.17, 15) is 26.3 Å². The summed E-state index contributed by atoms with van der Waals surface area (Å²) in [4.78, 5) is 0. The molecule has 2 fully saturated rings. The van der Waals surface area contributed by atoms with Crippen LogP contribution in [0.1, 0.15) is 34.7 Å². The van der Waals surface area contributed by atoms with Gasteiger partial charge in [-0.2, -0.15) is 26.3 Å². The Labute approximate surface area is 157 Å². The number of ether oxygens (including phenoxy) is 1. The van der Waals surface area contributed by atoms with E-state index in [1.807, 2.05) is 30.3 Å². The maximum Gasteiger partial charge on any atom is 0.416 e. The fourth-order valence-electron chi connectivity index (χ4n) is 3.98. The van der Waals surface area contributed by atoms with Gasteiger partial charge in [0.25, 0.3) is 0 Å². The van der Waals surface area contributed by atoms with Crippen LogP contribution in [0.4, 0.5) is 26.3 Å². The largest absolute Gasteiger partial charge is 0.416 e. The number of rotatable bonds is 4. The van der Waals surface area contributed by atoms with Gasteiger partial charge in [-0.15, -0.1) is 0 Å². The van der Waals surface area contributed by atoms with Crippen molar-refractivity contribution in [1.82, 2.24) is 5.32 Å². The molecule has 0 radical (unpaired) electrons. The molecular formula is C20H17F6NO. The van der Waals surface area contributed by atoms with Gasteiger partial charge in [0, 0.05) is 12.5 Å². The molecule has 0 unspecified atom stereocenters. The van der Waals surface area contributed by atoms with Gasteiger partial charge in [0.2, 0.25) is 0 Å². The average Bonchev–Trinajstić information content (AvgIpc) is 3.23. The summed E-state index contributed by atoms with van der Waals surface area (Å²) in [6, 6.07) is 10.9. The first-order chi connectivity index (χ1) is 13.1. The zero-order valence-corrected chi connectivity index (χ0v) is 14.6. The molecular weight excluding hydrogens is 384 g/mol. The molecule has 1 saturated heterocycles.